The molecule has 5 aromatic rings. The molecular weight excluding hydrogens is 466 g/mol. The van der Waals surface area contributed by atoms with Crippen LogP contribution < -0.4 is 9.64 Å². The molecule has 1 aliphatic heterocycles. The van der Waals surface area contributed by atoms with E-state index in [4.69, 9.17) is 14.7 Å². The number of pyridine rings is 2. The Hall–Kier alpha value is -4.72. The van der Waals surface area contributed by atoms with E-state index in [9.17, 15) is 9.90 Å². The number of rotatable bonds is 6. The standard InChI is InChI=1S/C29H25N5O3/c1-3-33-26-23(27-31-16-18(2)34(27)24-9-6-13-30-28(24)33)15-19(17-32-26)12-14-37-25-11-10-22(29(35)36)20-7-4-5-8-21(20)25/h4-11,13,15-17H,3,12,14H2,1-2H3,(H,35,36). The number of imidazole rings is 1. The summed E-state index contributed by atoms with van der Waals surface area (Å²) < 4.78 is 8.27. The molecule has 0 atom stereocenters. The summed E-state index contributed by atoms with van der Waals surface area (Å²) in [5.41, 5.74) is 4.24. The molecule has 8 nitrogen and oxygen atoms in total. The van der Waals surface area contributed by atoms with Crippen LogP contribution in [0.25, 0.3) is 27.8 Å². The van der Waals surface area contributed by atoms with Crippen LogP contribution in [0.2, 0.25) is 0 Å². The number of ether oxygens (including phenoxy) is 1. The maximum Gasteiger partial charge on any atom is 0.336 e. The maximum atomic E-state index is 11.6. The molecule has 8 heteroatoms. The lowest BCUT2D eigenvalue weighted by Gasteiger charge is -2.22. The fraction of sp³-hybridized carbons (Fsp3) is 0.172. The topological polar surface area (TPSA) is 93.4 Å². The molecule has 1 N–H and O–H groups in total. The number of hydrogen-bond acceptors (Lipinski definition) is 6. The summed E-state index contributed by atoms with van der Waals surface area (Å²) in [7, 11) is 0. The van der Waals surface area contributed by atoms with Crippen LogP contribution in [0.4, 0.5) is 11.6 Å². The Balaban J connectivity index is 1.32. The Morgan fingerprint density at radius 1 is 0.973 bits per heavy atom. The van der Waals surface area contributed by atoms with Gasteiger partial charge >= 0.3 is 5.97 Å². The molecule has 2 aromatic carbocycles. The van der Waals surface area contributed by atoms with E-state index >= 15 is 0 Å². The van der Waals surface area contributed by atoms with E-state index in [1.165, 1.54) is 0 Å². The minimum absolute atomic E-state index is 0.264. The number of hydrogen-bond donors (Lipinski definition) is 1. The van der Waals surface area contributed by atoms with Crippen LogP contribution in [0.15, 0.2) is 73.2 Å². The third-order valence-electron chi connectivity index (χ3n) is 6.70. The van der Waals surface area contributed by atoms with Crippen molar-refractivity contribution in [3.05, 3.63) is 90.0 Å². The lowest BCUT2D eigenvalue weighted by atomic mass is 10.0. The zero-order valence-corrected chi connectivity index (χ0v) is 20.5. The van der Waals surface area contributed by atoms with E-state index in [-0.39, 0.29) is 5.56 Å². The van der Waals surface area contributed by atoms with Gasteiger partial charge in [0.15, 0.2) is 5.82 Å². The first kappa shape index (κ1) is 22.7. The van der Waals surface area contributed by atoms with Gasteiger partial charge in [0.05, 0.1) is 23.4 Å². The summed E-state index contributed by atoms with van der Waals surface area (Å²) in [6, 6.07) is 16.9. The number of fused-ring (bicyclic) bond motifs is 6. The van der Waals surface area contributed by atoms with Gasteiger partial charge in [-0.15, -0.1) is 0 Å². The molecule has 184 valence electrons. The molecule has 0 aliphatic carbocycles. The van der Waals surface area contributed by atoms with Crippen LogP contribution in [0.1, 0.15) is 28.5 Å². The van der Waals surface area contributed by atoms with Crippen LogP contribution in [0, 0.1) is 6.92 Å². The van der Waals surface area contributed by atoms with Gasteiger partial charge in [-0.1, -0.05) is 24.3 Å². The van der Waals surface area contributed by atoms with Crippen LogP contribution in [-0.4, -0.2) is 43.7 Å². The van der Waals surface area contributed by atoms with Gasteiger partial charge in [0.2, 0.25) is 0 Å². The number of benzene rings is 2. The quantitative estimate of drug-likeness (QED) is 0.331. The van der Waals surface area contributed by atoms with Gasteiger partial charge in [-0.25, -0.2) is 19.7 Å². The molecule has 0 spiro atoms. The Morgan fingerprint density at radius 2 is 1.81 bits per heavy atom. The summed E-state index contributed by atoms with van der Waals surface area (Å²) in [6.45, 7) is 5.27. The molecule has 0 bridgehead atoms. The molecule has 0 fully saturated rings. The monoisotopic (exact) mass is 491 g/mol. The lowest BCUT2D eigenvalue weighted by molar-refractivity contribution is 0.0699. The zero-order valence-electron chi connectivity index (χ0n) is 20.5. The molecule has 37 heavy (non-hydrogen) atoms. The van der Waals surface area contributed by atoms with Gasteiger partial charge in [-0.3, -0.25) is 4.57 Å². The van der Waals surface area contributed by atoms with Crippen molar-refractivity contribution in [1.29, 1.82) is 0 Å². The molecule has 1 aliphatic rings. The number of anilines is 2. The van der Waals surface area contributed by atoms with Gasteiger partial charge in [0, 0.05) is 42.6 Å². The molecule has 0 saturated carbocycles. The predicted molar refractivity (Wildman–Crippen MR) is 142 cm³/mol. The highest BCUT2D eigenvalue weighted by atomic mass is 16.5. The largest absolute Gasteiger partial charge is 0.493 e. The van der Waals surface area contributed by atoms with E-state index in [1.807, 2.05) is 43.6 Å². The summed E-state index contributed by atoms with van der Waals surface area (Å²) in [5.74, 6) is 2.22. The summed E-state index contributed by atoms with van der Waals surface area (Å²) in [5, 5.41) is 11.0. The molecule has 0 radical (unpaired) electrons. The summed E-state index contributed by atoms with van der Waals surface area (Å²) in [6.07, 6.45) is 6.19. The molecular formula is C29H25N5O3. The van der Waals surface area contributed by atoms with Crippen LogP contribution in [-0.2, 0) is 6.42 Å². The highest BCUT2D eigenvalue weighted by Gasteiger charge is 2.28. The highest BCUT2D eigenvalue weighted by Crippen LogP contribution is 2.41. The minimum Gasteiger partial charge on any atom is -0.493 e. The first-order chi connectivity index (χ1) is 18.1. The molecule has 3 aromatic heterocycles. The Morgan fingerprint density at radius 3 is 2.62 bits per heavy atom. The van der Waals surface area contributed by atoms with Gasteiger partial charge in [-0.05, 0) is 55.1 Å². The number of carboxylic acid groups (broad SMARTS) is 1. The highest BCUT2D eigenvalue weighted by molar-refractivity contribution is 6.05. The number of aromatic carboxylic acids is 1. The lowest BCUT2D eigenvalue weighted by Crippen LogP contribution is -2.20. The van der Waals surface area contributed by atoms with E-state index < -0.39 is 5.97 Å². The smallest absolute Gasteiger partial charge is 0.336 e. The molecule has 4 heterocycles. The Bertz CT molecular complexity index is 1660. The van der Waals surface area contributed by atoms with E-state index in [1.54, 1.807) is 24.4 Å². The van der Waals surface area contributed by atoms with Crippen molar-refractivity contribution in [3.8, 4) is 22.8 Å². The third kappa shape index (κ3) is 3.78. The van der Waals surface area contributed by atoms with Gasteiger partial charge in [-0.2, -0.15) is 0 Å². The van der Waals surface area contributed by atoms with E-state index in [2.05, 4.69) is 33.5 Å². The summed E-state index contributed by atoms with van der Waals surface area (Å²) in [4.78, 5) is 28.0. The van der Waals surface area contributed by atoms with Crippen LogP contribution >= 0.6 is 0 Å². The van der Waals surface area contributed by atoms with Crippen molar-refractivity contribution in [2.75, 3.05) is 18.1 Å². The molecule has 6 rings (SSSR count). The third-order valence-corrected chi connectivity index (χ3v) is 6.70. The van der Waals surface area contributed by atoms with E-state index in [0.717, 1.165) is 51.9 Å². The number of carboxylic acids is 1. The van der Waals surface area contributed by atoms with Crippen molar-refractivity contribution >= 4 is 28.4 Å². The molecule has 0 unspecified atom stereocenters. The second-order valence-electron chi connectivity index (χ2n) is 8.92. The average molecular weight is 492 g/mol. The van der Waals surface area contributed by atoms with Crippen molar-refractivity contribution in [1.82, 2.24) is 19.5 Å². The number of aromatic nitrogens is 4. The predicted octanol–water partition coefficient (Wildman–Crippen LogP) is 5.58. The maximum absolute atomic E-state index is 11.6. The van der Waals surface area contributed by atoms with Crippen LogP contribution in [0.3, 0.4) is 0 Å². The van der Waals surface area contributed by atoms with Crippen molar-refractivity contribution in [3.63, 3.8) is 0 Å². The average Bonchev–Trinajstić information content (AvgIpc) is 3.25. The number of aryl methyl sites for hydroxylation is 1. The fourth-order valence-corrected chi connectivity index (χ4v) is 4.98. The SMILES string of the molecule is CCN1c2ncc(CCOc3ccc(C(=O)O)c4ccccc34)cc2-c2ncc(C)n2-c2cccnc21. The first-order valence-corrected chi connectivity index (χ1v) is 12.2. The normalized spacial score (nSPS) is 12.0. The fourth-order valence-electron chi connectivity index (χ4n) is 4.98. The minimum atomic E-state index is -0.953. The van der Waals surface area contributed by atoms with Gasteiger partial charge in [0.1, 0.15) is 17.4 Å². The second kappa shape index (κ2) is 9.05. The second-order valence-corrected chi connectivity index (χ2v) is 8.92. The zero-order chi connectivity index (χ0) is 25.5. The number of carbonyl (C=O) groups is 1. The van der Waals surface area contributed by atoms with Gasteiger partial charge < -0.3 is 14.7 Å². The van der Waals surface area contributed by atoms with Gasteiger partial charge in [0.25, 0.3) is 0 Å². The summed E-state index contributed by atoms with van der Waals surface area (Å²) >= 11 is 0. The molecule has 0 amide bonds. The van der Waals surface area contributed by atoms with Crippen LogP contribution in [0.5, 0.6) is 5.75 Å². The Kier molecular flexibility index (Phi) is 5.56. The number of nitrogens with zero attached hydrogens (tertiary/aromatic N) is 5. The Labute approximate surface area is 213 Å². The van der Waals surface area contributed by atoms with Crippen molar-refractivity contribution in [2.45, 2.75) is 20.3 Å². The molecule has 0 saturated heterocycles. The van der Waals surface area contributed by atoms with E-state index in [0.29, 0.717) is 24.2 Å². The van der Waals surface area contributed by atoms with Crippen molar-refractivity contribution < 1.29 is 14.6 Å². The van der Waals surface area contributed by atoms with Crippen molar-refractivity contribution in [2.24, 2.45) is 0 Å². The first-order valence-electron chi connectivity index (χ1n) is 12.2.